The summed E-state index contributed by atoms with van der Waals surface area (Å²) in [6.45, 7) is 7.47. The molecule has 2 aliphatic rings. The molecule has 7 heteroatoms. The van der Waals surface area contributed by atoms with E-state index in [-0.39, 0.29) is 23.9 Å². The van der Waals surface area contributed by atoms with Crippen molar-refractivity contribution in [3.63, 3.8) is 0 Å². The monoisotopic (exact) mass is 333 g/mol. The number of fused-ring (bicyclic) bond motifs is 1. The Morgan fingerprint density at radius 2 is 1.83 bits per heavy atom. The lowest BCUT2D eigenvalue weighted by atomic mass is 10.2. The van der Waals surface area contributed by atoms with E-state index in [9.17, 15) is 14.7 Å². The van der Waals surface area contributed by atoms with Gasteiger partial charge in [-0.15, -0.1) is 0 Å². The minimum absolute atomic E-state index is 0.0485. The number of nitrogens with zero attached hydrogens (tertiary/aromatic N) is 3. The molecule has 3 amide bonds. The predicted molar refractivity (Wildman–Crippen MR) is 89.1 cm³/mol. The van der Waals surface area contributed by atoms with E-state index in [2.05, 4.69) is 0 Å². The molecule has 2 fully saturated rings. The number of anilines is 1. The summed E-state index contributed by atoms with van der Waals surface area (Å²) in [6, 6.07) is 6.45. The SMILES string of the molecule is CC(C)(C)OC(=O)N1CCN2C(=O)N(c3ccc(O)cc3)CC2C1. The van der Waals surface area contributed by atoms with Gasteiger partial charge in [-0.1, -0.05) is 0 Å². The van der Waals surface area contributed by atoms with E-state index in [0.717, 1.165) is 5.69 Å². The first-order valence-corrected chi connectivity index (χ1v) is 8.10. The summed E-state index contributed by atoms with van der Waals surface area (Å²) in [4.78, 5) is 30.0. The van der Waals surface area contributed by atoms with Crippen LogP contribution < -0.4 is 4.90 Å². The van der Waals surface area contributed by atoms with Crippen LogP contribution in [0.1, 0.15) is 20.8 Å². The number of hydrogen-bond donors (Lipinski definition) is 1. The molecule has 0 aromatic heterocycles. The maximum absolute atomic E-state index is 12.6. The van der Waals surface area contributed by atoms with Gasteiger partial charge in [0.25, 0.3) is 0 Å². The van der Waals surface area contributed by atoms with Crippen LogP contribution in [0.15, 0.2) is 24.3 Å². The normalized spacial score (nSPS) is 21.0. The number of rotatable bonds is 1. The molecule has 0 radical (unpaired) electrons. The van der Waals surface area contributed by atoms with Crippen LogP contribution in [0.4, 0.5) is 15.3 Å². The molecule has 7 nitrogen and oxygen atoms in total. The molecular formula is C17H23N3O4. The number of piperazine rings is 1. The van der Waals surface area contributed by atoms with E-state index >= 15 is 0 Å². The zero-order valence-corrected chi connectivity index (χ0v) is 14.2. The first-order valence-electron chi connectivity index (χ1n) is 8.10. The molecule has 2 heterocycles. The van der Waals surface area contributed by atoms with Gasteiger partial charge >= 0.3 is 12.1 Å². The Balaban J connectivity index is 1.69. The molecule has 0 bridgehead atoms. The smallest absolute Gasteiger partial charge is 0.410 e. The van der Waals surface area contributed by atoms with Gasteiger partial charge in [-0.3, -0.25) is 4.90 Å². The van der Waals surface area contributed by atoms with Crippen molar-refractivity contribution in [1.29, 1.82) is 0 Å². The second-order valence-electron chi connectivity index (χ2n) is 7.18. The molecule has 2 aliphatic heterocycles. The first-order chi connectivity index (χ1) is 11.2. The number of amides is 3. The van der Waals surface area contributed by atoms with Gasteiger partial charge in [0, 0.05) is 31.9 Å². The molecule has 1 unspecified atom stereocenters. The van der Waals surface area contributed by atoms with Crippen molar-refractivity contribution in [3.8, 4) is 5.75 Å². The van der Waals surface area contributed by atoms with Gasteiger partial charge in [0.05, 0.1) is 6.04 Å². The van der Waals surface area contributed by atoms with E-state index < -0.39 is 5.60 Å². The Kier molecular flexibility index (Phi) is 4.03. The number of hydrogen-bond acceptors (Lipinski definition) is 4. The summed E-state index contributed by atoms with van der Waals surface area (Å²) in [7, 11) is 0. The Bertz CT molecular complexity index is 638. The molecule has 0 saturated carbocycles. The Hall–Kier alpha value is -2.44. The lowest BCUT2D eigenvalue weighted by Crippen LogP contribution is -2.54. The largest absolute Gasteiger partial charge is 0.508 e. The third kappa shape index (κ3) is 3.25. The maximum Gasteiger partial charge on any atom is 0.410 e. The Morgan fingerprint density at radius 3 is 2.46 bits per heavy atom. The van der Waals surface area contributed by atoms with E-state index in [1.165, 1.54) is 0 Å². The quantitative estimate of drug-likeness (QED) is 0.855. The van der Waals surface area contributed by atoms with E-state index in [0.29, 0.717) is 26.2 Å². The number of aromatic hydroxyl groups is 1. The minimum Gasteiger partial charge on any atom is -0.508 e. The van der Waals surface area contributed by atoms with Crippen LogP contribution >= 0.6 is 0 Å². The number of carbonyl (C=O) groups is 2. The molecule has 1 atom stereocenters. The van der Waals surface area contributed by atoms with Gasteiger partial charge in [-0.05, 0) is 45.0 Å². The lowest BCUT2D eigenvalue weighted by molar-refractivity contribution is 0.0128. The highest BCUT2D eigenvalue weighted by molar-refractivity contribution is 5.95. The third-order valence-corrected chi connectivity index (χ3v) is 4.17. The van der Waals surface area contributed by atoms with Crippen molar-refractivity contribution in [2.75, 3.05) is 31.1 Å². The van der Waals surface area contributed by atoms with Gasteiger partial charge in [-0.25, -0.2) is 9.59 Å². The number of urea groups is 1. The number of phenols is 1. The molecule has 3 rings (SSSR count). The van der Waals surface area contributed by atoms with E-state index in [4.69, 9.17) is 4.74 Å². The summed E-state index contributed by atoms with van der Waals surface area (Å²) in [5.74, 6) is 0.166. The van der Waals surface area contributed by atoms with Crippen LogP contribution in [0.25, 0.3) is 0 Å². The zero-order valence-electron chi connectivity index (χ0n) is 14.2. The average molecular weight is 333 g/mol. The highest BCUT2D eigenvalue weighted by Crippen LogP contribution is 2.28. The van der Waals surface area contributed by atoms with Gasteiger partial charge in [0.1, 0.15) is 11.4 Å². The Labute approximate surface area is 141 Å². The standard InChI is InChI=1S/C17H23N3O4/c1-17(2,3)24-16(23)18-8-9-19-13(10-18)11-20(15(19)22)12-4-6-14(21)7-5-12/h4-7,13,21H,8-11H2,1-3H3. The van der Waals surface area contributed by atoms with Crippen LogP contribution in [0.2, 0.25) is 0 Å². The second-order valence-corrected chi connectivity index (χ2v) is 7.18. The maximum atomic E-state index is 12.6. The highest BCUT2D eigenvalue weighted by Gasteiger charge is 2.42. The molecule has 0 aliphatic carbocycles. The fourth-order valence-electron chi connectivity index (χ4n) is 3.05. The predicted octanol–water partition coefficient (Wildman–Crippen LogP) is 2.25. The van der Waals surface area contributed by atoms with Crippen molar-refractivity contribution in [2.45, 2.75) is 32.4 Å². The highest BCUT2D eigenvalue weighted by atomic mass is 16.6. The summed E-state index contributed by atoms with van der Waals surface area (Å²) in [5.41, 5.74) is 0.216. The molecule has 0 spiro atoms. The average Bonchev–Trinajstić information content (AvgIpc) is 2.83. The van der Waals surface area contributed by atoms with Crippen LogP contribution in [-0.4, -0.2) is 64.9 Å². The van der Waals surface area contributed by atoms with Gasteiger partial charge in [-0.2, -0.15) is 0 Å². The molecule has 2 saturated heterocycles. The number of benzene rings is 1. The molecule has 24 heavy (non-hydrogen) atoms. The molecule has 1 aromatic rings. The minimum atomic E-state index is -0.530. The number of phenolic OH excluding ortho intramolecular Hbond substituents is 1. The van der Waals surface area contributed by atoms with Crippen LogP contribution in [0.3, 0.4) is 0 Å². The second kappa shape index (κ2) is 5.89. The van der Waals surface area contributed by atoms with Crippen molar-refractivity contribution in [2.24, 2.45) is 0 Å². The fraction of sp³-hybridized carbons (Fsp3) is 0.529. The topological polar surface area (TPSA) is 73.3 Å². The zero-order chi connectivity index (χ0) is 17.5. The molecule has 1 aromatic carbocycles. The van der Waals surface area contributed by atoms with Gasteiger partial charge in [0.15, 0.2) is 0 Å². The van der Waals surface area contributed by atoms with Crippen molar-refractivity contribution in [3.05, 3.63) is 24.3 Å². The summed E-state index contributed by atoms with van der Waals surface area (Å²) >= 11 is 0. The van der Waals surface area contributed by atoms with Crippen LogP contribution in [0, 0.1) is 0 Å². The van der Waals surface area contributed by atoms with Gasteiger partial charge in [0.2, 0.25) is 0 Å². The van der Waals surface area contributed by atoms with E-state index in [1.54, 1.807) is 39.0 Å². The van der Waals surface area contributed by atoms with Crippen molar-refractivity contribution >= 4 is 17.8 Å². The fourth-order valence-corrected chi connectivity index (χ4v) is 3.05. The van der Waals surface area contributed by atoms with Crippen LogP contribution in [0.5, 0.6) is 5.75 Å². The number of carbonyl (C=O) groups excluding carboxylic acids is 2. The molecule has 1 N–H and O–H groups in total. The summed E-state index contributed by atoms with van der Waals surface area (Å²) in [6.07, 6.45) is -0.335. The van der Waals surface area contributed by atoms with Gasteiger partial charge < -0.3 is 19.6 Å². The summed E-state index contributed by atoms with van der Waals surface area (Å²) in [5, 5.41) is 9.39. The van der Waals surface area contributed by atoms with E-state index in [1.807, 2.05) is 20.8 Å². The first kappa shape index (κ1) is 16.4. The molecular weight excluding hydrogens is 310 g/mol. The summed E-state index contributed by atoms with van der Waals surface area (Å²) < 4.78 is 5.42. The van der Waals surface area contributed by atoms with Crippen molar-refractivity contribution < 1.29 is 19.4 Å². The third-order valence-electron chi connectivity index (χ3n) is 4.17. The van der Waals surface area contributed by atoms with Crippen molar-refractivity contribution in [1.82, 2.24) is 9.80 Å². The number of ether oxygens (including phenoxy) is 1. The lowest BCUT2D eigenvalue weighted by Gasteiger charge is -2.36. The van der Waals surface area contributed by atoms with Crippen LogP contribution in [-0.2, 0) is 4.74 Å². The molecule has 130 valence electrons. The Morgan fingerprint density at radius 1 is 1.17 bits per heavy atom.